The number of benzene rings is 2. The molecule has 2 aromatic heterocycles. The van der Waals surface area contributed by atoms with Crippen LogP contribution in [0.1, 0.15) is 26.8 Å². The predicted octanol–water partition coefficient (Wildman–Crippen LogP) is 5.06. The number of aryl methyl sites for hydroxylation is 2. The maximum Gasteiger partial charge on any atom is 0.240 e. The second-order valence-electron chi connectivity index (χ2n) is 9.99. The monoisotopic (exact) mass is 559 g/mol. The van der Waals surface area contributed by atoms with Gasteiger partial charge in [0.2, 0.25) is 11.8 Å². The van der Waals surface area contributed by atoms with Crippen molar-refractivity contribution in [3.8, 4) is 16.9 Å². The Labute approximate surface area is 237 Å². The largest absolute Gasteiger partial charge is 0.353 e. The van der Waals surface area contributed by atoms with Crippen LogP contribution >= 0.6 is 23.1 Å². The van der Waals surface area contributed by atoms with Gasteiger partial charge in [0.1, 0.15) is 12.4 Å². The van der Waals surface area contributed by atoms with E-state index in [1.165, 1.54) is 10.4 Å². The molecular weight excluding hydrogens is 526 g/mol. The Morgan fingerprint density at radius 2 is 1.82 bits per heavy atom. The van der Waals surface area contributed by atoms with Crippen molar-refractivity contribution in [3.05, 3.63) is 87.6 Å². The lowest BCUT2D eigenvalue weighted by Gasteiger charge is -2.23. The molecule has 0 radical (unpaired) electrons. The standard InChI is InChI=1S/C30H33N5O2S2/c1-20-10-12-23(13-11-20)35-30-26(27(32-35)22-8-6-5-7-9-22)29(28-21(2)14-17-38-28)39-19-25(37)34(30)18-24(36)31-15-16-33(3)4/h5-14,17,29H,15-16,18-19H2,1-4H3,(H,31,36). The summed E-state index contributed by atoms with van der Waals surface area (Å²) in [6.45, 7) is 5.32. The van der Waals surface area contributed by atoms with Crippen LogP contribution < -0.4 is 10.2 Å². The van der Waals surface area contributed by atoms with Gasteiger partial charge in [0.05, 0.1) is 22.4 Å². The number of carbonyl (C=O) groups excluding carboxylic acids is 2. The van der Waals surface area contributed by atoms with Crippen LogP contribution in [0.3, 0.4) is 0 Å². The van der Waals surface area contributed by atoms with Crippen LogP contribution in [0.5, 0.6) is 0 Å². The first kappa shape index (κ1) is 27.2. The molecule has 1 aliphatic rings. The fraction of sp³-hybridized carbons (Fsp3) is 0.300. The number of nitrogens with one attached hydrogen (secondary N) is 1. The zero-order valence-corrected chi connectivity index (χ0v) is 24.3. The van der Waals surface area contributed by atoms with Crippen LogP contribution in [0.2, 0.25) is 0 Å². The van der Waals surface area contributed by atoms with Gasteiger partial charge in [-0.25, -0.2) is 4.68 Å². The molecule has 39 heavy (non-hydrogen) atoms. The minimum Gasteiger partial charge on any atom is -0.353 e. The number of aromatic nitrogens is 2. The van der Waals surface area contributed by atoms with Crippen molar-refractivity contribution in [3.63, 3.8) is 0 Å². The van der Waals surface area contributed by atoms with E-state index < -0.39 is 0 Å². The van der Waals surface area contributed by atoms with E-state index in [0.29, 0.717) is 12.4 Å². The topological polar surface area (TPSA) is 70.5 Å². The number of thiophene rings is 1. The summed E-state index contributed by atoms with van der Waals surface area (Å²) in [7, 11) is 3.93. The van der Waals surface area contributed by atoms with E-state index in [1.54, 1.807) is 28.0 Å². The molecule has 7 nitrogen and oxygen atoms in total. The lowest BCUT2D eigenvalue weighted by Crippen LogP contribution is -2.43. The summed E-state index contributed by atoms with van der Waals surface area (Å²) in [5.74, 6) is 0.635. The van der Waals surface area contributed by atoms with Gasteiger partial charge in [-0.3, -0.25) is 14.5 Å². The van der Waals surface area contributed by atoms with Gasteiger partial charge in [0.25, 0.3) is 0 Å². The number of hydrogen-bond acceptors (Lipinski definition) is 6. The third kappa shape index (κ3) is 5.80. The molecule has 0 saturated carbocycles. The fourth-order valence-electron chi connectivity index (χ4n) is 4.67. The second-order valence-corrected chi connectivity index (χ2v) is 12.0. The lowest BCUT2D eigenvalue weighted by atomic mass is 10.0. The van der Waals surface area contributed by atoms with Gasteiger partial charge in [0.15, 0.2) is 0 Å². The highest BCUT2D eigenvalue weighted by molar-refractivity contribution is 8.00. The van der Waals surface area contributed by atoms with E-state index in [9.17, 15) is 9.59 Å². The van der Waals surface area contributed by atoms with Crippen molar-refractivity contribution in [1.82, 2.24) is 20.0 Å². The number of amides is 2. The van der Waals surface area contributed by atoms with Crippen LogP contribution in [-0.4, -0.2) is 66.0 Å². The third-order valence-corrected chi connectivity index (χ3v) is 9.19. The molecule has 1 N–H and O–H groups in total. The summed E-state index contributed by atoms with van der Waals surface area (Å²) < 4.78 is 1.85. The molecule has 0 spiro atoms. The smallest absolute Gasteiger partial charge is 0.240 e. The molecule has 1 aliphatic heterocycles. The zero-order chi connectivity index (χ0) is 27.5. The number of carbonyl (C=O) groups is 2. The maximum absolute atomic E-state index is 13.8. The van der Waals surface area contributed by atoms with Crippen molar-refractivity contribution >= 4 is 40.7 Å². The lowest BCUT2D eigenvalue weighted by molar-refractivity contribution is -0.122. The molecule has 5 rings (SSSR count). The number of fused-ring (bicyclic) bond motifs is 1. The van der Waals surface area contributed by atoms with Gasteiger partial charge < -0.3 is 10.2 Å². The van der Waals surface area contributed by atoms with Gasteiger partial charge >= 0.3 is 0 Å². The van der Waals surface area contributed by atoms with Crippen molar-refractivity contribution in [2.45, 2.75) is 19.1 Å². The first-order valence-electron chi connectivity index (χ1n) is 13.0. The quantitative estimate of drug-likeness (QED) is 0.327. The Morgan fingerprint density at radius 3 is 2.49 bits per heavy atom. The average molecular weight is 560 g/mol. The summed E-state index contributed by atoms with van der Waals surface area (Å²) in [5.41, 5.74) is 5.93. The molecule has 3 heterocycles. The van der Waals surface area contributed by atoms with Gasteiger partial charge in [-0.15, -0.1) is 23.1 Å². The second kappa shape index (κ2) is 11.8. The van der Waals surface area contributed by atoms with E-state index in [4.69, 9.17) is 5.10 Å². The molecule has 2 amide bonds. The molecule has 1 unspecified atom stereocenters. The Hall–Kier alpha value is -3.40. The minimum atomic E-state index is -0.190. The van der Waals surface area contributed by atoms with Crippen molar-refractivity contribution in [2.24, 2.45) is 0 Å². The van der Waals surface area contributed by atoms with E-state index in [2.05, 4.69) is 35.8 Å². The summed E-state index contributed by atoms with van der Waals surface area (Å²) in [6, 6.07) is 20.3. The number of hydrogen-bond donors (Lipinski definition) is 1. The highest BCUT2D eigenvalue weighted by atomic mass is 32.2. The van der Waals surface area contributed by atoms with E-state index in [-0.39, 0.29) is 29.4 Å². The molecule has 2 aromatic carbocycles. The molecule has 202 valence electrons. The molecule has 4 aromatic rings. The maximum atomic E-state index is 13.8. The van der Waals surface area contributed by atoms with Crippen LogP contribution in [0, 0.1) is 13.8 Å². The predicted molar refractivity (Wildman–Crippen MR) is 161 cm³/mol. The minimum absolute atomic E-state index is 0.0677. The summed E-state index contributed by atoms with van der Waals surface area (Å²) in [4.78, 5) is 31.7. The summed E-state index contributed by atoms with van der Waals surface area (Å²) >= 11 is 3.30. The summed E-state index contributed by atoms with van der Waals surface area (Å²) in [5, 5.41) is 10.1. The Bertz CT molecular complexity index is 1460. The van der Waals surface area contributed by atoms with E-state index in [0.717, 1.165) is 34.6 Å². The Balaban J connectivity index is 1.71. The van der Waals surface area contributed by atoms with Crippen LogP contribution in [-0.2, 0) is 9.59 Å². The van der Waals surface area contributed by atoms with Crippen LogP contribution in [0.25, 0.3) is 16.9 Å². The SMILES string of the molecule is Cc1ccc(-n2nc(-c3ccccc3)c3c2N(CC(=O)NCCN(C)C)C(=O)CSC3c2sccc2C)cc1. The van der Waals surface area contributed by atoms with Crippen molar-refractivity contribution < 1.29 is 9.59 Å². The molecule has 1 atom stereocenters. The average Bonchev–Trinajstić information content (AvgIpc) is 3.49. The third-order valence-electron chi connectivity index (χ3n) is 6.74. The molecule has 9 heteroatoms. The molecule has 0 bridgehead atoms. The summed E-state index contributed by atoms with van der Waals surface area (Å²) in [6.07, 6.45) is 0. The molecule has 0 saturated heterocycles. The van der Waals surface area contributed by atoms with E-state index >= 15 is 0 Å². The Morgan fingerprint density at radius 1 is 1.08 bits per heavy atom. The highest BCUT2D eigenvalue weighted by Gasteiger charge is 2.38. The number of nitrogens with zero attached hydrogens (tertiary/aromatic N) is 4. The van der Waals surface area contributed by atoms with Gasteiger partial charge in [-0.1, -0.05) is 48.0 Å². The molecular formula is C30H33N5O2S2. The van der Waals surface area contributed by atoms with Crippen LogP contribution in [0.4, 0.5) is 5.82 Å². The first-order chi connectivity index (χ1) is 18.8. The van der Waals surface area contributed by atoms with Crippen molar-refractivity contribution in [1.29, 1.82) is 0 Å². The van der Waals surface area contributed by atoms with Gasteiger partial charge in [-0.2, -0.15) is 5.10 Å². The van der Waals surface area contributed by atoms with Crippen LogP contribution in [0.15, 0.2) is 66.0 Å². The normalized spacial score (nSPS) is 15.4. The number of likely N-dealkylation sites (N-methyl/N-ethyl adjacent to an activating group) is 1. The molecule has 0 aliphatic carbocycles. The number of rotatable bonds is 8. The highest BCUT2D eigenvalue weighted by Crippen LogP contribution is 2.50. The first-order valence-corrected chi connectivity index (χ1v) is 14.9. The van der Waals surface area contributed by atoms with Crippen molar-refractivity contribution in [2.75, 3.05) is 44.4 Å². The molecule has 0 fully saturated rings. The number of thioether (sulfide) groups is 1. The number of anilines is 1. The van der Waals surface area contributed by atoms with E-state index in [1.807, 2.05) is 73.1 Å². The zero-order valence-electron chi connectivity index (χ0n) is 22.7. The Kier molecular flexibility index (Phi) is 8.20. The van der Waals surface area contributed by atoms with Gasteiger partial charge in [-0.05, 0) is 57.1 Å². The fourth-order valence-corrected chi connectivity index (χ4v) is 7.14. The van der Waals surface area contributed by atoms with Gasteiger partial charge in [0, 0.05) is 29.1 Å².